The van der Waals surface area contributed by atoms with E-state index in [9.17, 15) is 18.0 Å². The first-order chi connectivity index (χ1) is 11.3. The number of sulfone groups is 1. The highest BCUT2D eigenvalue weighted by Crippen LogP contribution is 2.17. The Bertz CT molecular complexity index is 853. The number of nitrogens with two attached hydrogens (primary N) is 1. The van der Waals surface area contributed by atoms with Crippen LogP contribution in [0.25, 0.3) is 0 Å². The summed E-state index contributed by atoms with van der Waals surface area (Å²) in [5.74, 6) is 2.96. The van der Waals surface area contributed by atoms with Crippen LogP contribution >= 0.6 is 15.9 Å². The Balaban J connectivity index is 2.06. The Kier molecular flexibility index (Phi) is 5.87. The maximum Gasteiger partial charge on any atom is 0.259 e. The molecule has 0 atom stereocenters. The molecule has 2 aromatic rings. The van der Waals surface area contributed by atoms with Crippen LogP contribution in [0, 0.1) is 0 Å². The minimum absolute atomic E-state index is 0.0193. The Morgan fingerprint density at radius 3 is 2.29 bits per heavy atom. The Morgan fingerprint density at radius 1 is 1.00 bits per heavy atom. The fraction of sp³-hybridized carbons (Fsp3) is 0.125. The van der Waals surface area contributed by atoms with Gasteiger partial charge in [-0.25, -0.2) is 19.3 Å². The summed E-state index contributed by atoms with van der Waals surface area (Å²) >= 11 is 3.17. The van der Waals surface area contributed by atoms with Gasteiger partial charge in [0.15, 0.2) is 9.84 Å². The quantitative estimate of drug-likeness (QED) is 0.459. The SMILES string of the molecule is NN(C(=O)Cc1ccccc1)C(=O)CS(=O)(=O)c1cccc(Br)c1. The van der Waals surface area contributed by atoms with Crippen LogP contribution in [0.5, 0.6) is 0 Å². The van der Waals surface area contributed by atoms with Gasteiger partial charge in [-0.05, 0) is 23.8 Å². The zero-order valence-electron chi connectivity index (χ0n) is 12.6. The number of hydrazine groups is 1. The number of halogens is 1. The summed E-state index contributed by atoms with van der Waals surface area (Å²) in [4.78, 5) is 24.0. The largest absolute Gasteiger partial charge is 0.273 e. The summed E-state index contributed by atoms with van der Waals surface area (Å²) in [5.41, 5.74) is 0.681. The molecule has 0 fully saturated rings. The third-order valence-corrected chi connectivity index (χ3v) is 5.30. The number of amides is 2. The van der Waals surface area contributed by atoms with Crippen LogP contribution in [0.15, 0.2) is 64.0 Å². The molecule has 2 amide bonds. The topological polar surface area (TPSA) is 97.5 Å². The van der Waals surface area contributed by atoms with Crippen molar-refractivity contribution in [3.63, 3.8) is 0 Å². The van der Waals surface area contributed by atoms with Gasteiger partial charge in [0, 0.05) is 4.47 Å². The first-order valence-electron chi connectivity index (χ1n) is 6.92. The molecule has 6 nitrogen and oxygen atoms in total. The Hall–Kier alpha value is -2.03. The normalized spacial score (nSPS) is 11.1. The van der Waals surface area contributed by atoms with Gasteiger partial charge in [-0.15, -0.1) is 0 Å². The Labute approximate surface area is 148 Å². The lowest BCUT2D eigenvalue weighted by atomic mass is 10.1. The molecule has 0 bridgehead atoms. The van der Waals surface area contributed by atoms with Crippen LogP contribution in [-0.4, -0.2) is 31.0 Å². The highest BCUT2D eigenvalue weighted by atomic mass is 79.9. The highest BCUT2D eigenvalue weighted by molar-refractivity contribution is 9.10. The number of rotatable bonds is 5. The molecule has 2 aromatic carbocycles. The molecular formula is C16H15BrN2O4S. The van der Waals surface area contributed by atoms with Gasteiger partial charge < -0.3 is 0 Å². The molecular weight excluding hydrogens is 396 g/mol. The molecule has 0 radical (unpaired) electrons. The van der Waals surface area contributed by atoms with Gasteiger partial charge in [-0.1, -0.05) is 52.3 Å². The third kappa shape index (κ3) is 4.73. The molecule has 0 saturated heterocycles. The van der Waals surface area contributed by atoms with E-state index in [0.29, 0.717) is 15.0 Å². The maximum atomic E-state index is 12.2. The van der Waals surface area contributed by atoms with E-state index >= 15 is 0 Å². The van der Waals surface area contributed by atoms with Crippen molar-refractivity contribution >= 4 is 37.6 Å². The van der Waals surface area contributed by atoms with Gasteiger partial charge in [0.05, 0.1) is 11.3 Å². The second kappa shape index (κ2) is 7.69. The van der Waals surface area contributed by atoms with E-state index in [0.717, 1.165) is 0 Å². The summed E-state index contributed by atoms with van der Waals surface area (Å²) < 4.78 is 25.1. The Morgan fingerprint density at radius 2 is 1.67 bits per heavy atom. The van der Waals surface area contributed by atoms with E-state index in [2.05, 4.69) is 15.9 Å². The minimum Gasteiger partial charge on any atom is -0.273 e. The summed E-state index contributed by atoms with van der Waals surface area (Å²) in [5, 5.41) is 0.364. The molecule has 2 N–H and O–H groups in total. The smallest absolute Gasteiger partial charge is 0.259 e. The van der Waals surface area contributed by atoms with E-state index in [1.165, 1.54) is 12.1 Å². The number of carbonyl (C=O) groups excluding carboxylic acids is 2. The second-order valence-corrected chi connectivity index (χ2v) is 7.94. The monoisotopic (exact) mass is 410 g/mol. The van der Waals surface area contributed by atoms with Crippen LogP contribution < -0.4 is 5.84 Å². The molecule has 0 aliphatic heterocycles. The van der Waals surface area contributed by atoms with Crippen molar-refractivity contribution in [2.45, 2.75) is 11.3 Å². The van der Waals surface area contributed by atoms with Crippen LogP contribution in [-0.2, 0) is 25.8 Å². The number of benzene rings is 2. The van der Waals surface area contributed by atoms with Crippen molar-refractivity contribution in [2.24, 2.45) is 5.84 Å². The van der Waals surface area contributed by atoms with Gasteiger partial charge in [-0.2, -0.15) is 0 Å². The van der Waals surface area contributed by atoms with E-state index in [-0.39, 0.29) is 11.3 Å². The van der Waals surface area contributed by atoms with Crippen molar-refractivity contribution in [1.29, 1.82) is 0 Å². The lowest BCUT2D eigenvalue weighted by Crippen LogP contribution is -2.46. The van der Waals surface area contributed by atoms with Gasteiger partial charge >= 0.3 is 0 Å². The molecule has 8 heteroatoms. The molecule has 2 rings (SSSR count). The first kappa shape index (κ1) is 18.3. The molecule has 126 valence electrons. The zero-order chi connectivity index (χ0) is 17.7. The average molecular weight is 411 g/mol. The number of hydrogen-bond acceptors (Lipinski definition) is 5. The standard InChI is InChI=1S/C16H15BrN2O4S/c17-13-7-4-8-14(10-13)24(22,23)11-16(21)19(18)15(20)9-12-5-2-1-3-6-12/h1-8,10H,9,11,18H2. The lowest BCUT2D eigenvalue weighted by molar-refractivity contribution is -0.143. The van der Waals surface area contributed by atoms with Crippen molar-refractivity contribution in [3.8, 4) is 0 Å². The van der Waals surface area contributed by atoms with E-state index < -0.39 is 27.4 Å². The molecule has 0 spiro atoms. The average Bonchev–Trinajstić information content (AvgIpc) is 2.54. The van der Waals surface area contributed by atoms with Crippen molar-refractivity contribution in [3.05, 3.63) is 64.6 Å². The summed E-state index contributed by atoms with van der Waals surface area (Å²) in [7, 11) is -3.89. The minimum atomic E-state index is -3.89. The number of imide groups is 1. The van der Waals surface area contributed by atoms with Gasteiger partial charge in [0.2, 0.25) is 5.91 Å². The summed E-state index contributed by atoms with van der Waals surface area (Å²) in [6.07, 6.45) is -0.0833. The predicted molar refractivity (Wildman–Crippen MR) is 92.4 cm³/mol. The third-order valence-electron chi connectivity index (χ3n) is 3.20. The molecule has 24 heavy (non-hydrogen) atoms. The van der Waals surface area contributed by atoms with Crippen LogP contribution in [0.3, 0.4) is 0 Å². The maximum absolute atomic E-state index is 12.2. The van der Waals surface area contributed by atoms with Crippen LogP contribution in [0.1, 0.15) is 5.56 Å². The number of nitrogens with zero attached hydrogens (tertiary/aromatic N) is 1. The van der Waals surface area contributed by atoms with Crippen molar-refractivity contribution in [2.75, 3.05) is 5.75 Å². The summed E-state index contributed by atoms with van der Waals surface area (Å²) in [6, 6.07) is 14.7. The molecule has 0 heterocycles. The lowest BCUT2D eigenvalue weighted by Gasteiger charge is -2.15. The highest BCUT2D eigenvalue weighted by Gasteiger charge is 2.25. The number of hydrogen-bond donors (Lipinski definition) is 1. The molecule has 0 unspecified atom stereocenters. The van der Waals surface area contributed by atoms with Crippen molar-refractivity contribution < 1.29 is 18.0 Å². The second-order valence-electron chi connectivity index (χ2n) is 5.04. The number of carbonyl (C=O) groups is 2. The van der Waals surface area contributed by atoms with E-state index in [1.807, 2.05) is 0 Å². The zero-order valence-corrected chi connectivity index (χ0v) is 15.0. The van der Waals surface area contributed by atoms with Crippen LogP contribution in [0.2, 0.25) is 0 Å². The molecule has 0 aliphatic carbocycles. The van der Waals surface area contributed by atoms with E-state index in [4.69, 9.17) is 5.84 Å². The molecule has 0 aliphatic rings. The van der Waals surface area contributed by atoms with Gasteiger partial charge in [0.1, 0.15) is 5.75 Å². The summed E-state index contributed by atoms with van der Waals surface area (Å²) in [6.45, 7) is 0. The molecule has 0 aromatic heterocycles. The van der Waals surface area contributed by atoms with Gasteiger partial charge in [0.25, 0.3) is 5.91 Å². The first-order valence-corrected chi connectivity index (χ1v) is 9.37. The van der Waals surface area contributed by atoms with E-state index in [1.54, 1.807) is 42.5 Å². The van der Waals surface area contributed by atoms with Gasteiger partial charge in [-0.3, -0.25) is 9.59 Å². The fourth-order valence-electron chi connectivity index (χ4n) is 1.97. The predicted octanol–water partition coefficient (Wildman–Crippen LogP) is 1.69. The molecule has 0 saturated carbocycles. The fourth-order valence-corrected chi connectivity index (χ4v) is 3.74. The van der Waals surface area contributed by atoms with Crippen molar-refractivity contribution in [1.82, 2.24) is 5.01 Å². The van der Waals surface area contributed by atoms with Crippen LogP contribution in [0.4, 0.5) is 0 Å².